The maximum Gasteiger partial charge on any atom is 0.163 e. The molecular formula is C120H61N3O10. The average Bonchev–Trinajstić information content (AvgIpc) is 1.52. The lowest BCUT2D eigenvalue weighted by molar-refractivity contribution is 0.651. The summed E-state index contributed by atoms with van der Waals surface area (Å²) < 4.78 is 72.6. The van der Waals surface area contributed by atoms with E-state index >= 15 is 0 Å². The Hall–Kier alpha value is -18.2. The van der Waals surface area contributed by atoms with Gasteiger partial charge in [0.15, 0.2) is 11.2 Å². The fourth-order valence-electron chi connectivity index (χ4n) is 22.5. The Balaban J connectivity index is 0.000000125. The molecule has 13 heteroatoms. The Bertz CT molecular complexity index is 10500. The molecule has 0 aliphatic rings. The Morgan fingerprint density at radius 3 is 0.737 bits per heavy atom. The van der Waals surface area contributed by atoms with Crippen LogP contribution in [0.15, 0.2) is 414 Å². The molecule has 0 bridgehead atoms. The van der Waals surface area contributed by atoms with Crippen molar-refractivity contribution >= 4 is 285 Å². The highest BCUT2D eigenvalue weighted by molar-refractivity contribution is 6.29. The Morgan fingerprint density at radius 1 is 0.128 bits per heavy atom. The molecule has 0 aliphatic heterocycles. The van der Waals surface area contributed by atoms with E-state index in [0.717, 1.165) is 324 Å². The molecule has 13 heterocycles. The van der Waals surface area contributed by atoms with Crippen molar-refractivity contribution in [3.63, 3.8) is 0 Å². The first-order valence-electron chi connectivity index (χ1n) is 44.8. The largest absolute Gasteiger partial charge is 0.456 e. The highest BCUT2D eigenvalue weighted by atomic mass is 16.4. The summed E-state index contributed by atoms with van der Waals surface area (Å²) in [6.45, 7) is 0. The minimum absolute atomic E-state index is 0.758. The van der Waals surface area contributed by atoms with Crippen LogP contribution in [0, 0.1) is 0 Å². The van der Waals surface area contributed by atoms with E-state index in [9.17, 15) is 0 Å². The Morgan fingerprint density at radius 2 is 0.376 bits per heavy atom. The number of nitrogens with zero attached hydrogens (tertiary/aromatic N) is 3. The number of para-hydroxylation sites is 8. The molecule has 33 rings (SSSR count). The number of hydrogen-bond acceptors (Lipinski definition) is 10. The Labute approximate surface area is 747 Å². The first-order chi connectivity index (χ1) is 65.8. The predicted octanol–water partition coefficient (Wildman–Crippen LogP) is 35.0. The number of furan rings is 10. The lowest BCUT2D eigenvalue weighted by Gasteiger charge is -2.10. The lowest BCUT2D eigenvalue weighted by Crippen LogP contribution is -1.95. The van der Waals surface area contributed by atoms with Gasteiger partial charge in [-0.3, -0.25) is 0 Å². The fourth-order valence-corrected chi connectivity index (χ4v) is 22.5. The van der Waals surface area contributed by atoms with Crippen molar-refractivity contribution < 1.29 is 44.2 Å². The second kappa shape index (κ2) is 25.4. The highest BCUT2D eigenvalue weighted by Gasteiger charge is 2.30. The number of rotatable bonds is 5. The first kappa shape index (κ1) is 69.9. The van der Waals surface area contributed by atoms with E-state index in [4.69, 9.17) is 44.2 Å². The average molecular weight is 1700 g/mol. The zero-order chi connectivity index (χ0) is 86.0. The van der Waals surface area contributed by atoms with Crippen molar-refractivity contribution in [1.82, 2.24) is 13.7 Å². The number of benzene rings is 20. The third-order valence-electron chi connectivity index (χ3n) is 28.5. The molecule has 616 valence electrons. The van der Waals surface area contributed by atoms with Crippen LogP contribution in [0.4, 0.5) is 0 Å². The van der Waals surface area contributed by atoms with Crippen molar-refractivity contribution in [2.45, 2.75) is 0 Å². The smallest absolute Gasteiger partial charge is 0.163 e. The van der Waals surface area contributed by atoms with E-state index in [1.807, 2.05) is 66.7 Å². The standard InChI is InChI=1S/C66H35N3O4.C54H26O6/c1-7-19-50-38(13-1)39-14-2-8-20-51(39)69(50)62-65-48(46-33-36(25-31-58(46)72-65)67-52-21-9-3-17-44(52)60-54(67)29-27-42-40-15-5-11-23-56(40)70-63(42)60)35-49-47-34-37(26-32-59(47)73-66(49)62)68-53-22-10-4-18-45(53)61-55(68)30-28-43-41-16-6-12-24-57(41)71-64(43)61;1-3-7-43-31(5-1)37-21-39-33-17-27(9-13-45(33)57-51(39)24-49(37)55-43)29-11-15-47-35(19-29)41-23-42-36-20-30(12-16-48(36)60-54(42)26-53(41)59-47)28-10-14-46-34(18-28)40-22-38-32-6-2-4-8-44(32)56-50(38)25-52(40)58-46/h1-35H;1-26H. The quantitative estimate of drug-likeness (QED) is 0.163. The van der Waals surface area contributed by atoms with Crippen LogP contribution in [-0.2, 0) is 0 Å². The van der Waals surface area contributed by atoms with E-state index in [1.54, 1.807) is 0 Å². The van der Waals surface area contributed by atoms with Gasteiger partial charge in [0, 0.05) is 159 Å². The topological polar surface area (TPSA) is 146 Å². The summed E-state index contributed by atoms with van der Waals surface area (Å²) >= 11 is 0. The molecule has 13 aromatic heterocycles. The summed E-state index contributed by atoms with van der Waals surface area (Å²) in [5.74, 6) is 0. The molecule has 20 aromatic carbocycles. The molecule has 0 saturated carbocycles. The summed E-state index contributed by atoms with van der Waals surface area (Å²) in [5, 5.41) is 28.1. The van der Waals surface area contributed by atoms with Gasteiger partial charge in [-0.1, -0.05) is 170 Å². The maximum atomic E-state index is 7.17. The van der Waals surface area contributed by atoms with Gasteiger partial charge in [0.2, 0.25) is 0 Å². The van der Waals surface area contributed by atoms with Gasteiger partial charge >= 0.3 is 0 Å². The number of fused-ring (bicyclic) bond motifs is 41. The second-order valence-corrected chi connectivity index (χ2v) is 35.5. The van der Waals surface area contributed by atoms with Crippen molar-refractivity contribution in [3.05, 3.63) is 370 Å². The zero-order valence-corrected chi connectivity index (χ0v) is 70.1. The van der Waals surface area contributed by atoms with Crippen molar-refractivity contribution in [2.24, 2.45) is 0 Å². The van der Waals surface area contributed by atoms with Crippen LogP contribution >= 0.6 is 0 Å². The highest BCUT2D eigenvalue weighted by Crippen LogP contribution is 2.51. The van der Waals surface area contributed by atoms with Gasteiger partial charge < -0.3 is 57.9 Å². The summed E-state index contributed by atoms with van der Waals surface area (Å²) in [6, 6.07) is 130. The molecule has 0 N–H and O–H groups in total. The molecular weight excluding hydrogens is 1640 g/mol. The van der Waals surface area contributed by atoms with Crippen LogP contribution in [-0.4, -0.2) is 13.7 Å². The zero-order valence-electron chi connectivity index (χ0n) is 70.1. The predicted molar refractivity (Wildman–Crippen MR) is 540 cm³/mol. The molecule has 0 atom stereocenters. The van der Waals surface area contributed by atoms with E-state index in [-0.39, 0.29) is 0 Å². The minimum atomic E-state index is 0.758. The normalized spacial score (nSPS) is 12.7. The minimum Gasteiger partial charge on any atom is -0.456 e. The van der Waals surface area contributed by atoms with Gasteiger partial charge in [-0.05, 0) is 204 Å². The molecule has 0 radical (unpaired) electrons. The number of aromatic nitrogens is 3. The molecule has 13 nitrogen and oxygen atoms in total. The van der Waals surface area contributed by atoms with Gasteiger partial charge in [-0.15, -0.1) is 0 Å². The summed E-state index contributed by atoms with van der Waals surface area (Å²) in [5.41, 5.74) is 30.4. The van der Waals surface area contributed by atoms with E-state index in [0.29, 0.717) is 0 Å². The van der Waals surface area contributed by atoms with E-state index < -0.39 is 0 Å². The summed E-state index contributed by atoms with van der Waals surface area (Å²) in [6.07, 6.45) is 0. The molecule has 133 heavy (non-hydrogen) atoms. The van der Waals surface area contributed by atoms with E-state index in [2.05, 4.69) is 317 Å². The van der Waals surface area contributed by atoms with Crippen LogP contribution in [0.3, 0.4) is 0 Å². The summed E-state index contributed by atoms with van der Waals surface area (Å²) in [7, 11) is 0. The van der Waals surface area contributed by atoms with Crippen molar-refractivity contribution in [3.8, 4) is 39.3 Å². The lowest BCUT2D eigenvalue weighted by atomic mass is 9.99. The van der Waals surface area contributed by atoms with Gasteiger partial charge in [0.1, 0.15) is 106 Å². The molecule has 0 spiro atoms. The third kappa shape index (κ3) is 9.56. The second-order valence-electron chi connectivity index (χ2n) is 35.5. The Kier molecular flexibility index (Phi) is 13.4. The summed E-state index contributed by atoms with van der Waals surface area (Å²) in [4.78, 5) is 0. The first-order valence-corrected chi connectivity index (χ1v) is 44.8. The van der Waals surface area contributed by atoms with E-state index in [1.165, 1.54) is 0 Å². The van der Waals surface area contributed by atoms with Crippen LogP contribution in [0.1, 0.15) is 0 Å². The molecule has 33 aromatic rings. The van der Waals surface area contributed by atoms with Crippen molar-refractivity contribution in [1.29, 1.82) is 0 Å². The van der Waals surface area contributed by atoms with Crippen LogP contribution in [0.2, 0.25) is 0 Å². The molecule has 0 unspecified atom stereocenters. The van der Waals surface area contributed by atoms with Gasteiger partial charge in [0.05, 0.1) is 43.9 Å². The molecule has 0 amide bonds. The molecule has 0 fully saturated rings. The van der Waals surface area contributed by atoms with Gasteiger partial charge in [0.25, 0.3) is 0 Å². The maximum absolute atomic E-state index is 7.17. The monoisotopic (exact) mass is 1700 g/mol. The van der Waals surface area contributed by atoms with Gasteiger partial charge in [-0.25, -0.2) is 0 Å². The van der Waals surface area contributed by atoms with Crippen LogP contribution in [0.5, 0.6) is 0 Å². The fraction of sp³-hybridized carbons (Fsp3) is 0. The number of hydrogen-bond donors (Lipinski definition) is 0. The van der Waals surface area contributed by atoms with Gasteiger partial charge in [-0.2, -0.15) is 0 Å². The molecule has 0 saturated heterocycles. The SMILES string of the molecule is c1ccc2c(c1)oc1c2ccc2c1c1ccccc1n2-c1ccc2oc3c(-n4c5ccccc5c5ccccc54)c4oc5ccc(-n6c7ccccc7c7c8oc9ccccc9c8ccc76)cc5c4cc3c2c1.c1ccc2c(c1)oc1cc3oc4ccc(-c5ccc6oc7cc8oc9ccc(-c%10ccc%11oc%12cc%13oc%14ccccc%14c%13cc%12c%11c%10)cc9c8cc7c6c5)cc4c3cc12. The third-order valence-corrected chi connectivity index (χ3v) is 28.5. The van der Waals surface area contributed by atoms with Crippen LogP contribution < -0.4 is 0 Å². The van der Waals surface area contributed by atoms with Crippen LogP contribution in [0.25, 0.3) is 324 Å². The molecule has 0 aliphatic carbocycles. The van der Waals surface area contributed by atoms with Crippen molar-refractivity contribution in [2.75, 3.05) is 0 Å².